The van der Waals surface area contributed by atoms with Crippen LogP contribution < -0.4 is 4.90 Å². The largest absolute Gasteiger partial charge is 0.368 e. The molecule has 3 heterocycles. The number of pyridine rings is 1. The van der Waals surface area contributed by atoms with E-state index in [4.69, 9.17) is 16.7 Å². The third kappa shape index (κ3) is 4.09. The van der Waals surface area contributed by atoms with Crippen LogP contribution in [0.3, 0.4) is 0 Å². The predicted octanol–water partition coefficient (Wildman–Crippen LogP) is 4.55. The lowest BCUT2D eigenvalue weighted by molar-refractivity contribution is 0.0737. The average molecular weight is 444 g/mol. The summed E-state index contributed by atoms with van der Waals surface area (Å²) < 4.78 is 1.73. The van der Waals surface area contributed by atoms with Crippen molar-refractivity contribution in [3.05, 3.63) is 95.9 Å². The topological polar surface area (TPSA) is 54.3 Å². The highest BCUT2D eigenvalue weighted by Crippen LogP contribution is 2.24. The Bertz CT molecular complexity index is 1220. The number of halogens is 1. The first-order valence-electron chi connectivity index (χ1n) is 10.5. The van der Waals surface area contributed by atoms with Crippen molar-refractivity contribution in [3.63, 3.8) is 0 Å². The molecule has 6 nitrogen and oxygen atoms in total. The van der Waals surface area contributed by atoms with Gasteiger partial charge in [-0.05, 0) is 48.5 Å². The van der Waals surface area contributed by atoms with E-state index >= 15 is 0 Å². The second kappa shape index (κ2) is 8.85. The van der Waals surface area contributed by atoms with Crippen molar-refractivity contribution in [2.75, 3.05) is 31.1 Å². The van der Waals surface area contributed by atoms with E-state index < -0.39 is 0 Å². The van der Waals surface area contributed by atoms with Gasteiger partial charge >= 0.3 is 0 Å². The molecule has 0 saturated carbocycles. The molecule has 0 spiro atoms. The third-order valence-corrected chi connectivity index (χ3v) is 5.86. The molecule has 7 heteroatoms. The molecule has 0 unspecified atom stereocenters. The van der Waals surface area contributed by atoms with Crippen molar-refractivity contribution in [3.8, 4) is 16.9 Å². The summed E-state index contributed by atoms with van der Waals surface area (Å²) in [6, 6.07) is 23.2. The zero-order valence-electron chi connectivity index (χ0n) is 17.4. The van der Waals surface area contributed by atoms with Gasteiger partial charge in [-0.15, -0.1) is 0 Å². The zero-order valence-corrected chi connectivity index (χ0v) is 18.2. The zero-order chi connectivity index (χ0) is 21.9. The molecular formula is C25H22ClN5O. The number of hydrogen-bond acceptors (Lipinski definition) is 4. The highest BCUT2D eigenvalue weighted by atomic mass is 35.5. The fourth-order valence-electron chi connectivity index (χ4n) is 3.96. The van der Waals surface area contributed by atoms with Crippen LogP contribution in [0, 0.1) is 0 Å². The van der Waals surface area contributed by atoms with Gasteiger partial charge in [0, 0.05) is 54.8 Å². The van der Waals surface area contributed by atoms with Gasteiger partial charge in [-0.3, -0.25) is 9.78 Å². The Morgan fingerprint density at radius 3 is 2.34 bits per heavy atom. The molecule has 160 valence electrons. The monoisotopic (exact) mass is 443 g/mol. The summed E-state index contributed by atoms with van der Waals surface area (Å²) in [5.41, 5.74) is 4.08. The normalized spacial score (nSPS) is 13.9. The van der Waals surface area contributed by atoms with Crippen molar-refractivity contribution < 1.29 is 4.79 Å². The summed E-state index contributed by atoms with van der Waals surface area (Å²) >= 11 is 6.15. The maximum atomic E-state index is 13.5. The van der Waals surface area contributed by atoms with Crippen LogP contribution in [0.2, 0.25) is 5.02 Å². The van der Waals surface area contributed by atoms with E-state index in [-0.39, 0.29) is 5.91 Å². The van der Waals surface area contributed by atoms with Crippen molar-refractivity contribution in [1.29, 1.82) is 0 Å². The Kier molecular flexibility index (Phi) is 5.60. The standard InChI is InChI=1S/C25H22ClN5O/c26-20-7-4-10-22(16-20)29-12-14-30(15-13-29)25(32)24-17-23(19-6-5-11-27-18-19)28-31(24)21-8-2-1-3-9-21/h1-11,16-18H,12-15H2. The van der Waals surface area contributed by atoms with Crippen LogP contribution in [0.1, 0.15) is 10.5 Å². The number of carbonyl (C=O) groups excluding carboxylic acids is 1. The molecule has 32 heavy (non-hydrogen) atoms. The SMILES string of the molecule is O=C(c1cc(-c2cccnc2)nn1-c1ccccc1)N1CCN(c2cccc(Cl)c2)CC1. The minimum atomic E-state index is -0.0257. The lowest BCUT2D eigenvalue weighted by Crippen LogP contribution is -2.49. The molecule has 0 radical (unpaired) electrons. The van der Waals surface area contributed by atoms with Crippen LogP contribution in [-0.4, -0.2) is 51.8 Å². The molecule has 1 saturated heterocycles. The first-order valence-corrected chi connectivity index (χ1v) is 10.9. The van der Waals surface area contributed by atoms with Crippen molar-refractivity contribution in [1.82, 2.24) is 19.7 Å². The highest BCUT2D eigenvalue weighted by Gasteiger charge is 2.26. The highest BCUT2D eigenvalue weighted by molar-refractivity contribution is 6.30. The van der Waals surface area contributed by atoms with Gasteiger partial charge in [-0.25, -0.2) is 4.68 Å². The second-order valence-electron chi connectivity index (χ2n) is 7.66. The fraction of sp³-hybridized carbons (Fsp3) is 0.160. The lowest BCUT2D eigenvalue weighted by atomic mass is 10.2. The van der Waals surface area contributed by atoms with E-state index in [0.717, 1.165) is 40.7 Å². The number of benzene rings is 2. The molecular weight excluding hydrogens is 422 g/mol. The van der Waals surface area contributed by atoms with Crippen molar-refractivity contribution >= 4 is 23.2 Å². The van der Waals surface area contributed by atoms with Crippen LogP contribution in [-0.2, 0) is 0 Å². The van der Waals surface area contributed by atoms with E-state index in [0.29, 0.717) is 18.8 Å². The van der Waals surface area contributed by atoms with E-state index in [1.165, 1.54) is 0 Å². The predicted molar refractivity (Wildman–Crippen MR) is 126 cm³/mol. The fourth-order valence-corrected chi connectivity index (χ4v) is 4.14. The number of amides is 1. The summed E-state index contributed by atoms with van der Waals surface area (Å²) in [5, 5.41) is 5.46. The number of carbonyl (C=O) groups is 1. The first-order chi connectivity index (χ1) is 15.7. The van der Waals surface area contributed by atoms with Gasteiger partial charge in [0.2, 0.25) is 0 Å². The summed E-state index contributed by atoms with van der Waals surface area (Å²) in [4.78, 5) is 21.9. The van der Waals surface area contributed by atoms with Gasteiger partial charge in [-0.2, -0.15) is 5.10 Å². The summed E-state index contributed by atoms with van der Waals surface area (Å²) in [7, 11) is 0. The molecule has 0 atom stereocenters. The molecule has 2 aromatic heterocycles. The second-order valence-corrected chi connectivity index (χ2v) is 8.10. The molecule has 1 aliphatic rings. The van der Waals surface area contributed by atoms with Crippen LogP contribution in [0.15, 0.2) is 85.2 Å². The first kappa shape index (κ1) is 20.3. The number of aromatic nitrogens is 3. The molecule has 1 fully saturated rings. The average Bonchev–Trinajstić information content (AvgIpc) is 3.30. The number of piperazine rings is 1. The number of nitrogens with zero attached hydrogens (tertiary/aromatic N) is 5. The maximum Gasteiger partial charge on any atom is 0.272 e. The Labute approximate surface area is 191 Å². The summed E-state index contributed by atoms with van der Waals surface area (Å²) in [6.07, 6.45) is 3.48. The van der Waals surface area contributed by atoms with Gasteiger partial charge in [0.25, 0.3) is 5.91 Å². The molecule has 1 aliphatic heterocycles. The number of hydrogen-bond donors (Lipinski definition) is 0. The van der Waals surface area contributed by atoms with E-state index in [2.05, 4.69) is 9.88 Å². The molecule has 0 bridgehead atoms. The Morgan fingerprint density at radius 2 is 1.62 bits per heavy atom. The van der Waals surface area contributed by atoms with Gasteiger partial charge < -0.3 is 9.80 Å². The maximum absolute atomic E-state index is 13.5. The minimum absolute atomic E-state index is 0.0257. The Balaban J connectivity index is 1.41. The van der Waals surface area contributed by atoms with Gasteiger partial charge in [0.1, 0.15) is 5.69 Å². The molecule has 4 aromatic rings. The molecule has 5 rings (SSSR count). The number of para-hydroxylation sites is 1. The van der Waals surface area contributed by atoms with Crippen LogP contribution in [0.25, 0.3) is 16.9 Å². The summed E-state index contributed by atoms with van der Waals surface area (Å²) in [6.45, 7) is 2.77. The van der Waals surface area contributed by atoms with Crippen LogP contribution in [0.4, 0.5) is 5.69 Å². The molecule has 0 N–H and O–H groups in total. The molecule has 2 aromatic carbocycles. The van der Waals surface area contributed by atoms with Crippen LogP contribution in [0.5, 0.6) is 0 Å². The Hall–Kier alpha value is -3.64. The van der Waals surface area contributed by atoms with Crippen molar-refractivity contribution in [2.24, 2.45) is 0 Å². The quantitative estimate of drug-likeness (QED) is 0.464. The Morgan fingerprint density at radius 1 is 0.844 bits per heavy atom. The third-order valence-electron chi connectivity index (χ3n) is 5.63. The smallest absolute Gasteiger partial charge is 0.272 e. The lowest BCUT2D eigenvalue weighted by Gasteiger charge is -2.36. The number of rotatable bonds is 4. The van der Waals surface area contributed by atoms with E-state index in [1.54, 1.807) is 17.1 Å². The molecule has 0 aliphatic carbocycles. The number of anilines is 1. The van der Waals surface area contributed by atoms with Gasteiger partial charge in [-0.1, -0.05) is 35.9 Å². The van der Waals surface area contributed by atoms with Gasteiger partial charge in [0.15, 0.2) is 0 Å². The van der Waals surface area contributed by atoms with E-state index in [9.17, 15) is 4.79 Å². The summed E-state index contributed by atoms with van der Waals surface area (Å²) in [5.74, 6) is -0.0257. The van der Waals surface area contributed by atoms with Crippen molar-refractivity contribution in [2.45, 2.75) is 0 Å². The minimum Gasteiger partial charge on any atom is -0.368 e. The van der Waals surface area contributed by atoms with Gasteiger partial charge in [0.05, 0.1) is 11.4 Å². The molecule has 1 amide bonds. The van der Waals surface area contributed by atoms with E-state index in [1.807, 2.05) is 77.7 Å². The van der Waals surface area contributed by atoms with Crippen LogP contribution >= 0.6 is 11.6 Å².